The number of furan rings is 1. The lowest BCUT2D eigenvalue weighted by Crippen LogP contribution is -1.98. The van der Waals surface area contributed by atoms with Crippen LogP contribution in [0.5, 0.6) is 0 Å². The number of rotatable bonds is 5. The van der Waals surface area contributed by atoms with E-state index in [0.717, 1.165) is 77.9 Å². The molecule has 4 heteroatoms. The number of hydrogen-bond acceptors (Lipinski definition) is 3. The maximum absolute atomic E-state index is 6.48. The SMILES string of the molecule is c1ccc(-c2cc(-c3cccc(-c4cc5c(cc4-n4c6ccccc6c6ccccc64)oc4ccccc45)c3)nc(-c3ccccc3)n2)cc1. The Morgan fingerprint density at radius 1 is 0.380 bits per heavy atom. The van der Waals surface area contributed by atoms with Gasteiger partial charge in [0.2, 0.25) is 0 Å². The maximum Gasteiger partial charge on any atom is 0.160 e. The van der Waals surface area contributed by atoms with E-state index in [1.807, 2.05) is 48.5 Å². The number of aromatic nitrogens is 3. The normalized spacial score (nSPS) is 11.6. The molecule has 0 radical (unpaired) electrons. The Morgan fingerprint density at radius 3 is 1.66 bits per heavy atom. The smallest absolute Gasteiger partial charge is 0.160 e. The molecule has 3 heterocycles. The summed E-state index contributed by atoms with van der Waals surface area (Å²) in [6.07, 6.45) is 0. The second kappa shape index (κ2) is 11.4. The molecule has 10 aromatic rings. The summed E-state index contributed by atoms with van der Waals surface area (Å²) in [5.74, 6) is 0.699. The van der Waals surface area contributed by atoms with Crippen LogP contribution in [0.3, 0.4) is 0 Å². The second-order valence-electron chi connectivity index (χ2n) is 12.6. The Labute approximate surface area is 288 Å². The van der Waals surface area contributed by atoms with Gasteiger partial charge in [0, 0.05) is 49.9 Å². The summed E-state index contributed by atoms with van der Waals surface area (Å²) < 4.78 is 8.86. The lowest BCUT2D eigenvalue weighted by molar-refractivity contribution is 0.668. The van der Waals surface area contributed by atoms with Crippen LogP contribution in [0, 0.1) is 0 Å². The highest BCUT2D eigenvalue weighted by Gasteiger charge is 2.20. The molecule has 0 amide bonds. The van der Waals surface area contributed by atoms with Gasteiger partial charge in [-0.05, 0) is 42.0 Å². The number of hydrogen-bond donors (Lipinski definition) is 0. The van der Waals surface area contributed by atoms with Crippen LogP contribution in [-0.4, -0.2) is 14.5 Å². The molecule has 0 unspecified atom stereocenters. The average molecular weight is 640 g/mol. The molecule has 0 aliphatic rings. The quantitative estimate of drug-likeness (QED) is 0.188. The molecule has 0 saturated heterocycles. The summed E-state index contributed by atoms with van der Waals surface area (Å²) in [4.78, 5) is 10.2. The van der Waals surface area contributed by atoms with Gasteiger partial charge in [-0.25, -0.2) is 9.97 Å². The van der Waals surface area contributed by atoms with E-state index in [1.165, 1.54) is 10.8 Å². The molecular formula is C46H29N3O. The molecule has 10 rings (SSSR count). The maximum atomic E-state index is 6.48. The summed E-state index contributed by atoms with van der Waals surface area (Å²) in [6.45, 7) is 0. The van der Waals surface area contributed by atoms with Crippen LogP contribution in [0.2, 0.25) is 0 Å². The van der Waals surface area contributed by atoms with E-state index in [2.05, 4.69) is 132 Å². The molecule has 0 fully saturated rings. The van der Waals surface area contributed by atoms with E-state index in [-0.39, 0.29) is 0 Å². The number of fused-ring (bicyclic) bond motifs is 6. The summed E-state index contributed by atoms with van der Waals surface area (Å²) in [6, 6.07) is 61.4. The van der Waals surface area contributed by atoms with Crippen LogP contribution < -0.4 is 0 Å². The molecule has 0 aliphatic heterocycles. The Kier molecular flexibility index (Phi) is 6.46. The Balaban J connectivity index is 1.23. The van der Waals surface area contributed by atoms with E-state index in [1.54, 1.807) is 0 Å². The van der Waals surface area contributed by atoms with Crippen LogP contribution in [0.15, 0.2) is 180 Å². The third-order valence-corrected chi connectivity index (χ3v) is 9.61. The fourth-order valence-electron chi connectivity index (χ4n) is 7.27. The Hall–Kier alpha value is -6.78. The third kappa shape index (κ3) is 4.61. The lowest BCUT2D eigenvalue weighted by atomic mass is 9.97. The summed E-state index contributed by atoms with van der Waals surface area (Å²) >= 11 is 0. The number of nitrogens with zero attached hydrogens (tertiary/aromatic N) is 3. The van der Waals surface area contributed by atoms with Crippen molar-refractivity contribution in [2.75, 3.05) is 0 Å². The molecule has 0 aliphatic carbocycles. The van der Waals surface area contributed by atoms with Gasteiger partial charge in [-0.2, -0.15) is 0 Å². The first-order valence-corrected chi connectivity index (χ1v) is 16.8. The van der Waals surface area contributed by atoms with Gasteiger partial charge in [-0.15, -0.1) is 0 Å². The second-order valence-corrected chi connectivity index (χ2v) is 12.6. The number of para-hydroxylation sites is 3. The van der Waals surface area contributed by atoms with Gasteiger partial charge in [0.25, 0.3) is 0 Å². The summed E-state index contributed by atoms with van der Waals surface area (Å²) in [7, 11) is 0. The van der Waals surface area contributed by atoms with E-state index >= 15 is 0 Å². The first kappa shape index (κ1) is 28.3. The van der Waals surface area contributed by atoms with Crippen LogP contribution in [0.4, 0.5) is 0 Å². The van der Waals surface area contributed by atoms with Crippen LogP contribution >= 0.6 is 0 Å². The zero-order valence-electron chi connectivity index (χ0n) is 27.0. The molecule has 50 heavy (non-hydrogen) atoms. The minimum atomic E-state index is 0.699. The Morgan fingerprint density at radius 2 is 0.940 bits per heavy atom. The predicted molar refractivity (Wildman–Crippen MR) is 205 cm³/mol. The molecule has 0 N–H and O–H groups in total. The standard InChI is InChI=1S/C46H29N3O/c1-3-14-30(15-4-1)39-28-40(48-46(47-39)31-16-5-2-6-17-31)33-19-13-18-32(26-33)37-27-38-36-22-9-12-25-44(36)50-45(38)29-43(37)49-41-23-10-7-20-34(41)35-21-8-11-24-42(35)49/h1-29H. The highest BCUT2D eigenvalue weighted by atomic mass is 16.3. The Bertz CT molecular complexity index is 2760. The largest absolute Gasteiger partial charge is 0.456 e. The third-order valence-electron chi connectivity index (χ3n) is 9.61. The predicted octanol–water partition coefficient (Wildman–Crippen LogP) is 12.1. The molecule has 0 saturated carbocycles. The monoisotopic (exact) mass is 639 g/mol. The van der Waals surface area contributed by atoms with Gasteiger partial charge in [-0.3, -0.25) is 0 Å². The average Bonchev–Trinajstić information content (AvgIpc) is 3.73. The topological polar surface area (TPSA) is 43.9 Å². The highest BCUT2D eigenvalue weighted by Crippen LogP contribution is 2.41. The van der Waals surface area contributed by atoms with E-state index in [9.17, 15) is 0 Å². The van der Waals surface area contributed by atoms with Crippen molar-refractivity contribution in [3.05, 3.63) is 176 Å². The van der Waals surface area contributed by atoms with Crippen LogP contribution in [0.1, 0.15) is 0 Å². The minimum absolute atomic E-state index is 0.699. The number of benzene rings is 7. The molecular weight excluding hydrogens is 611 g/mol. The minimum Gasteiger partial charge on any atom is -0.456 e. The van der Waals surface area contributed by atoms with Gasteiger partial charge >= 0.3 is 0 Å². The summed E-state index contributed by atoms with van der Waals surface area (Å²) in [5, 5.41) is 4.63. The van der Waals surface area contributed by atoms with Crippen molar-refractivity contribution < 1.29 is 4.42 Å². The van der Waals surface area contributed by atoms with Crippen molar-refractivity contribution in [2.24, 2.45) is 0 Å². The van der Waals surface area contributed by atoms with Crippen molar-refractivity contribution in [2.45, 2.75) is 0 Å². The van der Waals surface area contributed by atoms with Crippen LogP contribution in [-0.2, 0) is 0 Å². The van der Waals surface area contributed by atoms with Gasteiger partial charge in [0.15, 0.2) is 5.82 Å². The van der Waals surface area contributed by atoms with Crippen molar-refractivity contribution in [1.29, 1.82) is 0 Å². The van der Waals surface area contributed by atoms with E-state index < -0.39 is 0 Å². The van der Waals surface area contributed by atoms with Crippen LogP contribution in [0.25, 0.3) is 94.5 Å². The summed E-state index contributed by atoms with van der Waals surface area (Å²) in [5.41, 5.74) is 12.1. The fraction of sp³-hybridized carbons (Fsp3) is 0. The molecule has 234 valence electrons. The van der Waals surface area contributed by atoms with Gasteiger partial charge < -0.3 is 8.98 Å². The molecule has 0 spiro atoms. The van der Waals surface area contributed by atoms with E-state index in [4.69, 9.17) is 14.4 Å². The molecule has 0 atom stereocenters. The van der Waals surface area contributed by atoms with Crippen molar-refractivity contribution in [3.8, 4) is 50.7 Å². The van der Waals surface area contributed by atoms with Gasteiger partial charge in [-0.1, -0.05) is 133 Å². The first-order valence-electron chi connectivity index (χ1n) is 16.8. The van der Waals surface area contributed by atoms with Crippen molar-refractivity contribution >= 4 is 43.7 Å². The highest BCUT2D eigenvalue weighted by molar-refractivity contribution is 6.12. The van der Waals surface area contributed by atoms with Gasteiger partial charge in [0.1, 0.15) is 11.2 Å². The van der Waals surface area contributed by atoms with Crippen molar-refractivity contribution in [3.63, 3.8) is 0 Å². The molecule has 0 bridgehead atoms. The molecule has 7 aromatic carbocycles. The van der Waals surface area contributed by atoms with E-state index in [0.29, 0.717) is 5.82 Å². The lowest BCUT2D eigenvalue weighted by Gasteiger charge is -2.16. The van der Waals surface area contributed by atoms with Gasteiger partial charge in [0.05, 0.1) is 28.1 Å². The zero-order chi connectivity index (χ0) is 33.0. The molecule has 3 aromatic heterocycles. The fourth-order valence-corrected chi connectivity index (χ4v) is 7.27. The van der Waals surface area contributed by atoms with Crippen molar-refractivity contribution in [1.82, 2.24) is 14.5 Å². The zero-order valence-corrected chi connectivity index (χ0v) is 27.0. The molecule has 4 nitrogen and oxygen atoms in total. The first-order chi connectivity index (χ1) is 24.8.